The largest absolute Gasteiger partial charge is 0.496 e. The van der Waals surface area contributed by atoms with Crippen LogP contribution in [0.15, 0.2) is 67.0 Å². The second-order valence-electron chi connectivity index (χ2n) is 7.29. The fourth-order valence-electron chi connectivity index (χ4n) is 3.99. The maximum absolute atomic E-state index is 5.89. The molecule has 0 aliphatic carbocycles. The smallest absolute Gasteiger partial charge is 0.128 e. The van der Waals surface area contributed by atoms with Crippen molar-refractivity contribution in [2.45, 2.75) is 18.8 Å². The number of hydrogen-bond donors (Lipinski definition) is 0. The van der Waals surface area contributed by atoms with E-state index in [2.05, 4.69) is 16.0 Å². The lowest BCUT2D eigenvalue weighted by atomic mass is 9.91. The van der Waals surface area contributed by atoms with Crippen LogP contribution >= 0.6 is 0 Å². The quantitative estimate of drug-likeness (QED) is 0.599. The van der Waals surface area contributed by atoms with E-state index in [1.54, 1.807) is 19.5 Å². The number of nitrogens with zero attached hydrogens (tertiary/aromatic N) is 3. The molecule has 2 heterocycles. The molecule has 2 aromatic carbocycles. The Morgan fingerprint density at radius 1 is 1.00 bits per heavy atom. The third-order valence-electron chi connectivity index (χ3n) is 5.40. The van der Waals surface area contributed by atoms with Crippen LogP contribution in [0.25, 0.3) is 11.3 Å². The van der Waals surface area contributed by atoms with Crippen molar-refractivity contribution >= 4 is 0 Å². The number of ether oxygens (including phenoxy) is 2. The van der Waals surface area contributed by atoms with E-state index in [1.165, 1.54) is 0 Å². The molecule has 150 valence electrons. The highest BCUT2D eigenvalue weighted by Gasteiger charge is 2.26. The predicted molar refractivity (Wildman–Crippen MR) is 114 cm³/mol. The summed E-state index contributed by atoms with van der Waals surface area (Å²) >= 11 is 0. The SMILES string of the molecule is COc1ccccc1-c1nccnc1[C@H]1CCCN(CCOc2ccccc2)C1. The van der Waals surface area contributed by atoms with Gasteiger partial charge in [0, 0.05) is 37.0 Å². The van der Waals surface area contributed by atoms with E-state index in [1.807, 2.05) is 48.5 Å². The van der Waals surface area contributed by atoms with E-state index in [4.69, 9.17) is 14.5 Å². The Balaban J connectivity index is 1.46. The minimum Gasteiger partial charge on any atom is -0.496 e. The van der Waals surface area contributed by atoms with Crippen LogP contribution < -0.4 is 9.47 Å². The Kier molecular flexibility index (Phi) is 6.37. The van der Waals surface area contributed by atoms with Gasteiger partial charge < -0.3 is 9.47 Å². The first kappa shape index (κ1) is 19.4. The minimum absolute atomic E-state index is 0.356. The highest BCUT2D eigenvalue weighted by atomic mass is 16.5. The van der Waals surface area contributed by atoms with Crippen LogP contribution in [0.5, 0.6) is 11.5 Å². The van der Waals surface area contributed by atoms with Gasteiger partial charge in [0.15, 0.2) is 0 Å². The molecule has 0 saturated carbocycles. The first-order valence-electron chi connectivity index (χ1n) is 10.2. The molecule has 5 nitrogen and oxygen atoms in total. The van der Waals surface area contributed by atoms with Crippen LogP contribution in [-0.4, -0.2) is 48.2 Å². The van der Waals surface area contributed by atoms with Crippen LogP contribution in [0, 0.1) is 0 Å². The van der Waals surface area contributed by atoms with Gasteiger partial charge in [0.2, 0.25) is 0 Å². The summed E-state index contributed by atoms with van der Waals surface area (Å²) in [5, 5.41) is 0. The molecule has 5 heteroatoms. The summed E-state index contributed by atoms with van der Waals surface area (Å²) < 4.78 is 11.5. The average Bonchev–Trinajstić information content (AvgIpc) is 2.80. The van der Waals surface area contributed by atoms with Crippen LogP contribution in [0.2, 0.25) is 0 Å². The van der Waals surface area contributed by atoms with Gasteiger partial charge in [-0.15, -0.1) is 0 Å². The minimum atomic E-state index is 0.356. The Morgan fingerprint density at radius 3 is 2.66 bits per heavy atom. The highest BCUT2D eigenvalue weighted by Crippen LogP contribution is 2.35. The molecule has 1 aliphatic heterocycles. The van der Waals surface area contributed by atoms with Crippen molar-refractivity contribution in [2.24, 2.45) is 0 Å². The maximum atomic E-state index is 5.89. The maximum Gasteiger partial charge on any atom is 0.128 e. The lowest BCUT2D eigenvalue weighted by Gasteiger charge is -2.33. The number of likely N-dealkylation sites (tertiary alicyclic amines) is 1. The monoisotopic (exact) mass is 389 g/mol. The predicted octanol–water partition coefficient (Wildman–Crippen LogP) is 4.41. The zero-order valence-corrected chi connectivity index (χ0v) is 16.8. The molecule has 3 aromatic rings. The summed E-state index contributed by atoms with van der Waals surface area (Å²) in [4.78, 5) is 11.9. The number of piperidine rings is 1. The standard InChI is InChI=1S/C24H27N3O2/c1-28-22-12-6-5-11-21(22)24-23(25-13-14-26-24)19-8-7-15-27(18-19)16-17-29-20-9-3-2-4-10-20/h2-6,9-14,19H,7-8,15-18H2,1H3/t19-/m0/s1. The third-order valence-corrected chi connectivity index (χ3v) is 5.40. The summed E-state index contributed by atoms with van der Waals surface area (Å²) in [6.07, 6.45) is 5.83. The first-order chi connectivity index (χ1) is 14.3. The Bertz CT molecular complexity index is 917. The number of rotatable bonds is 7. The van der Waals surface area contributed by atoms with Gasteiger partial charge in [-0.3, -0.25) is 14.9 Å². The number of methoxy groups -OCH3 is 1. The fraction of sp³-hybridized carbons (Fsp3) is 0.333. The van der Waals surface area contributed by atoms with Gasteiger partial charge >= 0.3 is 0 Å². The van der Waals surface area contributed by atoms with Crippen LogP contribution in [0.1, 0.15) is 24.5 Å². The first-order valence-corrected chi connectivity index (χ1v) is 10.2. The van der Waals surface area contributed by atoms with Crippen molar-refractivity contribution in [2.75, 3.05) is 33.4 Å². The molecule has 0 bridgehead atoms. The highest BCUT2D eigenvalue weighted by molar-refractivity contribution is 5.69. The molecule has 1 aliphatic rings. The van der Waals surface area contributed by atoms with Crippen molar-refractivity contribution in [1.82, 2.24) is 14.9 Å². The molecule has 1 saturated heterocycles. The molecular weight excluding hydrogens is 362 g/mol. The van der Waals surface area contributed by atoms with E-state index in [0.717, 1.165) is 60.9 Å². The lowest BCUT2D eigenvalue weighted by Crippen LogP contribution is -2.37. The van der Waals surface area contributed by atoms with Gasteiger partial charge in [-0.2, -0.15) is 0 Å². The molecule has 1 fully saturated rings. The number of hydrogen-bond acceptors (Lipinski definition) is 5. The van der Waals surface area contributed by atoms with E-state index < -0.39 is 0 Å². The van der Waals surface area contributed by atoms with Gasteiger partial charge in [-0.25, -0.2) is 0 Å². The zero-order valence-electron chi connectivity index (χ0n) is 16.8. The van der Waals surface area contributed by atoms with Crippen molar-refractivity contribution in [3.63, 3.8) is 0 Å². The van der Waals surface area contributed by atoms with Crippen LogP contribution in [0.4, 0.5) is 0 Å². The van der Waals surface area contributed by atoms with Gasteiger partial charge in [-0.1, -0.05) is 30.3 Å². The van der Waals surface area contributed by atoms with E-state index in [0.29, 0.717) is 12.5 Å². The third kappa shape index (κ3) is 4.74. The topological polar surface area (TPSA) is 47.5 Å². The average molecular weight is 389 g/mol. The van der Waals surface area contributed by atoms with Crippen molar-refractivity contribution < 1.29 is 9.47 Å². The summed E-state index contributed by atoms with van der Waals surface area (Å²) in [5.41, 5.74) is 2.99. The molecular formula is C24H27N3O2. The second-order valence-corrected chi connectivity index (χ2v) is 7.29. The zero-order chi connectivity index (χ0) is 19.9. The van der Waals surface area contributed by atoms with Crippen LogP contribution in [0.3, 0.4) is 0 Å². The van der Waals surface area contributed by atoms with Crippen molar-refractivity contribution in [3.8, 4) is 22.8 Å². The summed E-state index contributed by atoms with van der Waals surface area (Å²) in [6, 6.07) is 18.0. The van der Waals surface area contributed by atoms with E-state index in [9.17, 15) is 0 Å². The summed E-state index contributed by atoms with van der Waals surface area (Å²) in [6.45, 7) is 3.67. The van der Waals surface area contributed by atoms with Gasteiger partial charge in [0.1, 0.15) is 18.1 Å². The van der Waals surface area contributed by atoms with Crippen LogP contribution in [-0.2, 0) is 0 Å². The number of aromatic nitrogens is 2. The molecule has 0 N–H and O–H groups in total. The fourth-order valence-corrected chi connectivity index (χ4v) is 3.99. The Labute approximate surface area is 172 Å². The second kappa shape index (κ2) is 9.52. The van der Waals surface area contributed by atoms with Gasteiger partial charge in [0.05, 0.1) is 18.5 Å². The lowest BCUT2D eigenvalue weighted by molar-refractivity contribution is 0.169. The van der Waals surface area contributed by atoms with Crippen molar-refractivity contribution in [1.29, 1.82) is 0 Å². The number of benzene rings is 2. The Hall–Kier alpha value is -2.92. The molecule has 0 amide bonds. The Morgan fingerprint density at radius 2 is 1.79 bits per heavy atom. The van der Waals surface area contributed by atoms with Gasteiger partial charge in [0.25, 0.3) is 0 Å². The van der Waals surface area contributed by atoms with Gasteiger partial charge in [-0.05, 0) is 43.7 Å². The molecule has 29 heavy (non-hydrogen) atoms. The summed E-state index contributed by atoms with van der Waals surface area (Å²) in [7, 11) is 1.70. The summed E-state index contributed by atoms with van der Waals surface area (Å²) in [5.74, 6) is 2.11. The molecule has 1 atom stereocenters. The number of para-hydroxylation sites is 2. The van der Waals surface area contributed by atoms with E-state index >= 15 is 0 Å². The molecule has 0 radical (unpaired) electrons. The molecule has 1 aromatic heterocycles. The van der Waals surface area contributed by atoms with E-state index in [-0.39, 0.29) is 0 Å². The molecule has 0 unspecified atom stereocenters. The molecule has 4 rings (SSSR count). The normalized spacial score (nSPS) is 17.1. The molecule has 0 spiro atoms. The van der Waals surface area contributed by atoms with Crippen molar-refractivity contribution in [3.05, 3.63) is 72.7 Å².